The van der Waals surface area contributed by atoms with E-state index in [9.17, 15) is 0 Å². The third-order valence-corrected chi connectivity index (χ3v) is 3.64. The second-order valence-corrected chi connectivity index (χ2v) is 4.82. The van der Waals surface area contributed by atoms with Gasteiger partial charge in [-0.1, -0.05) is 23.7 Å². The van der Waals surface area contributed by atoms with E-state index in [0.29, 0.717) is 21.3 Å². The summed E-state index contributed by atoms with van der Waals surface area (Å²) >= 11 is 12.5. The van der Waals surface area contributed by atoms with Crippen LogP contribution in [0.1, 0.15) is 0 Å². The van der Waals surface area contributed by atoms with Crippen LogP contribution in [0.5, 0.6) is 11.6 Å². The average Bonchev–Trinajstić information content (AvgIpc) is 2.28. The van der Waals surface area contributed by atoms with Crippen LogP contribution < -0.4 is 4.74 Å². The third kappa shape index (κ3) is 2.53. The van der Waals surface area contributed by atoms with Crippen LogP contribution in [0.15, 0.2) is 39.5 Å². The highest BCUT2D eigenvalue weighted by Crippen LogP contribution is 2.34. The van der Waals surface area contributed by atoms with Crippen LogP contribution in [0.2, 0.25) is 5.15 Å². The van der Waals surface area contributed by atoms with Crippen molar-refractivity contribution < 1.29 is 4.74 Å². The van der Waals surface area contributed by atoms with E-state index in [1.54, 1.807) is 0 Å². The minimum Gasteiger partial charge on any atom is -0.437 e. The lowest BCUT2D eigenvalue weighted by atomic mass is 10.3. The molecular formula is C10H5Br2ClN2O. The monoisotopic (exact) mass is 362 g/mol. The summed E-state index contributed by atoms with van der Waals surface area (Å²) < 4.78 is 6.97. The Hall–Kier alpha value is -0.650. The van der Waals surface area contributed by atoms with Crippen molar-refractivity contribution in [2.45, 2.75) is 0 Å². The Morgan fingerprint density at radius 3 is 2.62 bits per heavy atom. The lowest BCUT2D eigenvalue weighted by Crippen LogP contribution is -1.91. The van der Waals surface area contributed by atoms with Crippen LogP contribution in [-0.4, -0.2) is 9.97 Å². The van der Waals surface area contributed by atoms with Gasteiger partial charge < -0.3 is 4.74 Å². The summed E-state index contributed by atoms with van der Waals surface area (Å²) in [4.78, 5) is 7.81. The van der Waals surface area contributed by atoms with Crippen molar-refractivity contribution in [3.05, 3.63) is 44.7 Å². The second-order valence-electron chi connectivity index (χ2n) is 2.82. The van der Waals surface area contributed by atoms with Gasteiger partial charge in [0.25, 0.3) is 0 Å². The summed E-state index contributed by atoms with van der Waals surface area (Å²) in [6.07, 6.45) is 1.35. The highest BCUT2D eigenvalue weighted by Gasteiger charge is 2.10. The highest BCUT2D eigenvalue weighted by molar-refractivity contribution is 9.11. The van der Waals surface area contributed by atoms with Gasteiger partial charge >= 0.3 is 0 Å². The first-order chi connectivity index (χ1) is 7.68. The van der Waals surface area contributed by atoms with Gasteiger partial charge in [-0.05, 0) is 44.0 Å². The topological polar surface area (TPSA) is 35.0 Å². The molecular weight excluding hydrogens is 359 g/mol. The first-order valence-electron chi connectivity index (χ1n) is 4.27. The number of aromatic nitrogens is 2. The molecule has 0 atom stereocenters. The molecule has 0 fully saturated rings. The molecule has 0 amide bonds. The quantitative estimate of drug-likeness (QED) is 0.739. The van der Waals surface area contributed by atoms with E-state index >= 15 is 0 Å². The van der Waals surface area contributed by atoms with Gasteiger partial charge in [0.2, 0.25) is 5.88 Å². The van der Waals surface area contributed by atoms with Crippen LogP contribution in [0.25, 0.3) is 0 Å². The van der Waals surface area contributed by atoms with E-state index in [-0.39, 0.29) is 0 Å². The van der Waals surface area contributed by atoms with Crippen molar-refractivity contribution in [1.82, 2.24) is 9.97 Å². The highest BCUT2D eigenvalue weighted by atomic mass is 79.9. The predicted octanol–water partition coefficient (Wildman–Crippen LogP) is 4.45. The molecule has 0 aliphatic carbocycles. The van der Waals surface area contributed by atoms with E-state index < -0.39 is 0 Å². The first kappa shape index (κ1) is 11.8. The zero-order chi connectivity index (χ0) is 11.5. The van der Waals surface area contributed by atoms with Gasteiger partial charge in [-0.3, -0.25) is 0 Å². The van der Waals surface area contributed by atoms with Crippen molar-refractivity contribution in [1.29, 1.82) is 0 Å². The van der Waals surface area contributed by atoms with E-state index in [0.717, 1.165) is 4.47 Å². The molecule has 3 nitrogen and oxygen atoms in total. The fourth-order valence-corrected chi connectivity index (χ4v) is 1.81. The third-order valence-electron chi connectivity index (χ3n) is 1.76. The lowest BCUT2D eigenvalue weighted by Gasteiger charge is -2.07. The molecule has 82 valence electrons. The molecule has 16 heavy (non-hydrogen) atoms. The van der Waals surface area contributed by atoms with Gasteiger partial charge in [0.05, 0.1) is 4.47 Å². The van der Waals surface area contributed by atoms with E-state index in [2.05, 4.69) is 41.8 Å². The fourth-order valence-electron chi connectivity index (χ4n) is 1.04. The average molecular weight is 364 g/mol. The predicted molar refractivity (Wildman–Crippen MR) is 69.0 cm³/mol. The maximum absolute atomic E-state index is 5.83. The Balaban J connectivity index is 2.35. The SMILES string of the molecule is Clc1ncnc(Oc2ccccc2Br)c1Br. The Bertz CT molecular complexity index is 522. The smallest absolute Gasteiger partial charge is 0.238 e. The van der Waals surface area contributed by atoms with Gasteiger partial charge in [0.15, 0.2) is 5.15 Å². The molecule has 0 spiro atoms. The zero-order valence-corrected chi connectivity index (χ0v) is 11.8. The number of hydrogen-bond donors (Lipinski definition) is 0. The van der Waals surface area contributed by atoms with Gasteiger partial charge in [0, 0.05) is 0 Å². The summed E-state index contributed by atoms with van der Waals surface area (Å²) in [5.74, 6) is 1.05. The Kier molecular flexibility index (Phi) is 3.78. The molecule has 1 aromatic heterocycles. The minimum absolute atomic E-state index is 0.317. The number of rotatable bonds is 2. The second kappa shape index (κ2) is 5.12. The van der Waals surface area contributed by atoms with Crippen LogP contribution in [0, 0.1) is 0 Å². The summed E-state index contributed by atoms with van der Waals surface area (Å²) in [6.45, 7) is 0. The van der Waals surface area contributed by atoms with Crippen molar-refractivity contribution in [2.75, 3.05) is 0 Å². The lowest BCUT2D eigenvalue weighted by molar-refractivity contribution is 0.455. The molecule has 1 aromatic carbocycles. The number of ether oxygens (including phenoxy) is 1. The summed E-state index contributed by atoms with van der Waals surface area (Å²) in [7, 11) is 0. The molecule has 0 bridgehead atoms. The van der Waals surface area contributed by atoms with Gasteiger partial charge in [0.1, 0.15) is 16.5 Å². The molecule has 2 aromatic rings. The van der Waals surface area contributed by atoms with Gasteiger partial charge in [-0.15, -0.1) is 0 Å². The zero-order valence-electron chi connectivity index (χ0n) is 7.82. The van der Waals surface area contributed by atoms with Crippen LogP contribution in [0.4, 0.5) is 0 Å². The van der Waals surface area contributed by atoms with E-state index in [4.69, 9.17) is 16.3 Å². The van der Waals surface area contributed by atoms with Crippen molar-refractivity contribution in [3.63, 3.8) is 0 Å². The van der Waals surface area contributed by atoms with Crippen molar-refractivity contribution >= 4 is 43.5 Å². The number of nitrogens with zero attached hydrogens (tertiary/aromatic N) is 2. The summed E-state index contributed by atoms with van der Waals surface area (Å²) in [6, 6.07) is 7.48. The molecule has 0 saturated carbocycles. The van der Waals surface area contributed by atoms with Crippen LogP contribution >= 0.6 is 43.5 Å². The maximum atomic E-state index is 5.83. The Morgan fingerprint density at radius 2 is 1.88 bits per heavy atom. The molecule has 0 aliphatic heterocycles. The minimum atomic E-state index is 0.317. The normalized spacial score (nSPS) is 10.2. The maximum Gasteiger partial charge on any atom is 0.238 e. The number of halogens is 3. The summed E-state index contributed by atoms with van der Waals surface area (Å²) in [5, 5.41) is 0.317. The van der Waals surface area contributed by atoms with Gasteiger partial charge in [-0.25, -0.2) is 9.97 Å². The number of benzene rings is 1. The number of hydrogen-bond acceptors (Lipinski definition) is 3. The number of para-hydroxylation sites is 1. The molecule has 0 aliphatic rings. The molecule has 6 heteroatoms. The first-order valence-corrected chi connectivity index (χ1v) is 6.23. The van der Waals surface area contributed by atoms with Crippen molar-refractivity contribution in [3.8, 4) is 11.6 Å². The molecule has 0 N–H and O–H groups in total. The largest absolute Gasteiger partial charge is 0.437 e. The van der Waals surface area contributed by atoms with E-state index in [1.165, 1.54) is 6.33 Å². The Morgan fingerprint density at radius 1 is 1.12 bits per heavy atom. The molecule has 0 saturated heterocycles. The van der Waals surface area contributed by atoms with Gasteiger partial charge in [-0.2, -0.15) is 0 Å². The molecule has 1 heterocycles. The van der Waals surface area contributed by atoms with Crippen LogP contribution in [-0.2, 0) is 0 Å². The van der Waals surface area contributed by atoms with E-state index in [1.807, 2.05) is 24.3 Å². The summed E-state index contributed by atoms with van der Waals surface area (Å²) in [5.41, 5.74) is 0. The van der Waals surface area contributed by atoms with Crippen LogP contribution in [0.3, 0.4) is 0 Å². The standard InChI is InChI=1S/C10H5Br2ClN2O/c11-6-3-1-2-4-7(6)16-10-8(12)9(13)14-5-15-10/h1-5H. The Labute approximate surface area is 114 Å². The molecule has 0 unspecified atom stereocenters. The molecule has 2 rings (SSSR count). The molecule has 0 radical (unpaired) electrons. The van der Waals surface area contributed by atoms with Crippen molar-refractivity contribution in [2.24, 2.45) is 0 Å². The fraction of sp³-hybridized carbons (Fsp3) is 0.